The van der Waals surface area contributed by atoms with Crippen LogP contribution in [0.15, 0.2) is 27.2 Å². The molecule has 0 aliphatic heterocycles. The van der Waals surface area contributed by atoms with E-state index < -0.39 is 0 Å². The van der Waals surface area contributed by atoms with E-state index in [1.54, 1.807) is 11.3 Å². The van der Waals surface area contributed by atoms with Crippen LogP contribution in [0.25, 0.3) is 10.2 Å². The largest absolute Gasteiger partial charge is 0.361 e. The second kappa shape index (κ2) is 5.18. The fourth-order valence-corrected chi connectivity index (χ4v) is 3.61. The minimum atomic E-state index is 0.116. The first-order valence-corrected chi connectivity index (χ1v) is 7.91. The molecule has 1 N–H and O–H groups in total. The Bertz CT molecular complexity index is 745. The van der Waals surface area contributed by atoms with Gasteiger partial charge in [-0.1, -0.05) is 32.4 Å². The number of nitrogens with one attached hydrogen (secondary N) is 1. The van der Waals surface area contributed by atoms with E-state index in [1.807, 2.05) is 26.0 Å². The number of benzene rings is 1. The number of rotatable bonds is 3. The van der Waals surface area contributed by atoms with Gasteiger partial charge in [-0.25, -0.2) is 4.98 Å². The molecule has 4 nitrogen and oxygen atoms in total. The molecule has 3 aromatic rings. The quantitative estimate of drug-likeness (QED) is 0.733. The zero-order chi connectivity index (χ0) is 14.3. The molecule has 0 saturated carbocycles. The first-order chi connectivity index (χ1) is 9.54. The summed E-state index contributed by atoms with van der Waals surface area (Å²) in [4.78, 5) is 4.61. The Balaban J connectivity index is 1.89. The van der Waals surface area contributed by atoms with Crippen molar-refractivity contribution in [3.05, 3.63) is 39.7 Å². The Morgan fingerprint density at radius 1 is 1.35 bits per heavy atom. The monoisotopic (exact) mass is 351 g/mol. The highest BCUT2D eigenvalue weighted by molar-refractivity contribution is 9.10. The number of aryl methyl sites for hydroxylation is 2. The molecule has 0 fully saturated rings. The van der Waals surface area contributed by atoms with E-state index >= 15 is 0 Å². The van der Waals surface area contributed by atoms with Crippen LogP contribution in [-0.4, -0.2) is 10.1 Å². The fourth-order valence-electron chi connectivity index (χ4n) is 2.33. The lowest BCUT2D eigenvalue weighted by atomic mass is 10.1. The molecule has 104 valence electrons. The Morgan fingerprint density at radius 2 is 2.15 bits per heavy atom. The highest BCUT2D eigenvalue weighted by Gasteiger charge is 2.17. The van der Waals surface area contributed by atoms with Crippen molar-refractivity contribution in [1.82, 2.24) is 10.1 Å². The van der Waals surface area contributed by atoms with Crippen LogP contribution < -0.4 is 5.32 Å². The molecule has 0 spiro atoms. The van der Waals surface area contributed by atoms with Crippen molar-refractivity contribution >= 4 is 42.6 Å². The normalized spacial score (nSPS) is 12.8. The lowest BCUT2D eigenvalue weighted by molar-refractivity contribution is 0.392. The number of fused-ring (bicyclic) bond motifs is 1. The smallest absolute Gasteiger partial charge is 0.184 e. The number of hydrogen-bond acceptors (Lipinski definition) is 5. The SMILES string of the molecule is Cc1noc(C)c1C(C)Nc1nc2cc(Br)ccc2s1. The number of halogens is 1. The molecular formula is C14H14BrN3OS. The van der Waals surface area contributed by atoms with E-state index in [0.29, 0.717) is 0 Å². The van der Waals surface area contributed by atoms with Gasteiger partial charge in [0.1, 0.15) is 5.76 Å². The van der Waals surface area contributed by atoms with Crippen LogP contribution in [0.3, 0.4) is 0 Å². The van der Waals surface area contributed by atoms with E-state index in [4.69, 9.17) is 4.52 Å². The Hall–Kier alpha value is -1.40. The first kappa shape index (κ1) is 13.6. The minimum absolute atomic E-state index is 0.116. The second-order valence-corrected chi connectivity index (χ2v) is 6.68. The molecule has 0 saturated heterocycles. The summed E-state index contributed by atoms with van der Waals surface area (Å²) in [6.07, 6.45) is 0. The van der Waals surface area contributed by atoms with Gasteiger partial charge in [0.15, 0.2) is 5.13 Å². The van der Waals surface area contributed by atoms with Gasteiger partial charge in [0.2, 0.25) is 0 Å². The topological polar surface area (TPSA) is 51.0 Å². The van der Waals surface area contributed by atoms with Gasteiger partial charge in [-0.15, -0.1) is 0 Å². The molecule has 3 rings (SSSR count). The van der Waals surface area contributed by atoms with Crippen molar-refractivity contribution in [2.75, 3.05) is 5.32 Å². The van der Waals surface area contributed by atoms with Gasteiger partial charge < -0.3 is 9.84 Å². The highest BCUT2D eigenvalue weighted by atomic mass is 79.9. The summed E-state index contributed by atoms with van der Waals surface area (Å²) >= 11 is 5.12. The van der Waals surface area contributed by atoms with Gasteiger partial charge >= 0.3 is 0 Å². The molecule has 0 aliphatic carbocycles. The van der Waals surface area contributed by atoms with Crippen LogP contribution in [-0.2, 0) is 0 Å². The summed E-state index contributed by atoms with van der Waals surface area (Å²) in [6.45, 7) is 5.98. The fraction of sp³-hybridized carbons (Fsp3) is 0.286. The molecule has 0 aliphatic rings. The van der Waals surface area contributed by atoms with Crippen LogP contribution >= 0.6 is 27.3 Å². The predicted molar refractivity (Wildman–Crippen MR) is 85.3 cm³/mol. The number of nitrogens with zero attached hydrogens (tertiary/aromatic N) is 2. The predicted octanol–water partition coefficient (Wildman–Crippen LogP) is 4.84. The number of thiazole rings is 1. The van der Waals surface area contributed by atoms with Crippen molar-refractivity contribution in [1.29, 1.82) is 0 Å². The van der Waals surface area contributed by atoms with E-state index in [1.165, 1.54) is 4.70 Å². The molecule has 2 aromatic heterocycles. The first-order valence-electron chi connectivity index (χ1n) is 6.30. The average Bonchev–Trinajstić information content (AvgIpc) is 2.92. The van der Waals surface area contributed by atoms with Gasteiger partial charge in [-0.2, -0.15) is 0 Å². The van der Waals surface area contributed by atoms with Crippen molar-refractivity contribution in [3.63, 3.8) is 0 Å². The van der Waals surface area contributed by atoms with Crippen LogP contribution in [0, 0.1) is 13.8 Å². The Kier molecular flexibility index (Phi) is 3.52. The van der Waals surface area contributed by atoms with Gasteiger partial charge in [-0.05, 0) is 39.0 Å². The summed E-state index contributed by atoms with van der Waals surface area (Å²) in [5, 5.41) is 8.33. The summed E-state index contributed by atoms with van der Waals surface area (Å²) in [6, 6.07) is 6.24. The van der Waals surface area contributed by atoms with E-state index in [0.717, 1.165) is 32.1 Å². The second-order valence-electron chi connectivity index (χ2n) is 4.73. The maximum absolute atomic E-state index is 5.22. The molecule has 0 amide bonds. The Labute approximate surface area is 129 Å². The lowest BCUT2D eigenvalue weighted by Gasteiger charge is -2.12. The third-order valence-electron chi connectivity index (χ3n) is 3.21. The summed E-state index contributed by atoms with van der Waals surface area (Å²) in [5.74, 6) is 0.853. The molecule has 6 heteroatoms. The summed E-state index contributed by atoms with van der Waals surface area (Å²) in [5.41, 5.74) is 3.02. The van der Waals surface area contributed by atoms with Gasteiger partial charge in [0.05, 0.1) is 22.0 Å². The van der Waals surface area contributed by atoms with Crippen LogP contribution in [0.1, 0.15) is 30.0 Å². The van der Waals surface area contributed by atoms with Gasteiger partial charge in [-0.3, -0.25) is 0 Å². The molecule has 1 atom stereocenters. The van der Waals surface area contributed by atoms with Crippen molar-refractivity contribution in [2.24, 2.45) is 0 Å². The van der Waals surface area contributed by atoms with Crippen LogP contribution in [0.5, 0.6) is 0 Å². The van der Waals surface area contributed by atoms with E-state index in [9.17, 15) is 0 Å². The third-order valence-corrected chi connectivity index (χ3v) is 4.67. The molecule has 0 bridgehead atoms. The molecule has 1 unspecified atom stereocenters. The van der Waals surface area contributed by atoms with Crippen LogP contribution in [0.4, 0.5) is 5.13 Å². The summed E-state index contributed by atoms with van der Waals surface area (Å²) < 4.78 is 7.43. The number of aromatic nitrogens is 2. The Morgan fingerprint density at radius 3 is 2.85 bits per heavy atom. The molecule has 1 aromatic carbocycles. The van der Waals surface area contributed by atoms with Gasteiger partial charge in [0.25, 0.3) is 0 Å². The van der Waals surface area contributed by atoms with E-state index in [2.05, 4.69) is 44.4 Å². The summed E-state index contributed by atoms with van der Waals surface area (Å²) in [7, 11) is 0. The number of hydrogen-bond donors (Lipinski definition) is 1. The standard InChI is InChI=1S/C14H14BrN3OS/c1-7(13-8(2)18-19-9(13)3)16-14-17-11-6-10(15)4-5-12(11)20-14/h4-7H,1-3H3,(H,16,17). The highest BCUT2D eigenvalue weighted by Crippen LogP contribution is 2.31. The average molecular weight is 352 g/mol. The zero-order valence-electron chi connectivity index (χ0n) is 11.4. The van der Waals surface area contributed by atoms with Crippen molar-refractivity contribution in [2.45, 2.75) is 26.8 Å². The minimum Gasteiger partial charge on any atom is -0.361 e. The maximum Gasteiger partial charge on any atom is 0.184 e. The lowest BCUT2D eigenvalue weighted by Crippen LogP contribution is -2.08. The van der Waals surface area contributed by atoms with Gasteiger partial charge in [0, 0.05) is 10.0 Å². The molecule has 20 heavy (non-hydrogen) atoms. The third kappa shape index (κ3) is 2.45. The molecule has 2 heterocycles. The number of anilines is 1. The molecular weight excluding hydrogens is 338 g/mol. The molecule has 0 radical (unpaired) electrons. The zero-order valence-corrected chi connectivity index (χ0v) is 13.8. The van der Waals surface area contributed by atoms with E-state index in [-0.39, 0.29) is 6.04 Å². The maximum atomic E-state index is 5.22. The van der Waals surface area contributed by atoms with Crippen molar-refractivity contribution in [3.8, 4) is 0 Å². The van der Waals surface area contributed by atoms with Crippen molar-refractivity contribution < 1.29 is 4.52 Å². The van der Waals surface area contributed by atoms with Crippen LogP contribution in [0.2, 0.25) is 0 Å².